The van der Waals surface area contributed by atoms with Gasteiger partial charge in [0.2, 0.25) is 5.88 Å². The first-order valence-corrected chi connectivity index (χ1v) is 9.82. The van der Waals surface area contributed by atoms with Gasteiger partial charge in [-0.15, -0.1) is 0 Å². The van der Waals surface area contributed by atoms with Crippen molar-refractivity contribution < 1.29 is 4.74 Å². The van der Waals surface area contributed by atoms with Gasteiger partial charge in [0.25, 0.3) is 0 Å². The normalized spacial score (nSPS) is 14.8. The summed E-state index contributed by atoms with van der Waals surface area (Å²) in [6.45, 7) is 2.85. The highest BCUT2D eigenvalue weighted by atomic mass is 16.5. The third-order valence-corrected chi connectivity index (χ3v) is 5.12. The number of rotatable bonds is 6. The molecule has 0 amide bonds. The molecule has 2 aromatic carbocycles. The fourth-order valence-corrected chi connectivity index (χ4v) is 3.40. The number of hydrogen-bond donors (Lipinski definition) is 2. The Balaban J connectivity index is 1.46. The van der Waals surface area contributed by atoms with Crippen molar-refractivity contribution in [1.29, 1.82) is 0 Å². The van der Waals surface area contributed by atoms with E-state index in [9.17, 15) is 0 Å². The Hall–Kier alpha value is -2.86. The zero-order chi connectivity index (χ0) is 19.3. The highest BCUT2D eigenvalue weighted by Crippen LogP contribution is 2.24. The molecule has 1 aromatic heterocycles. The second kappa shape index (κ2) is 8.44. The van der Waals surface area contributed by atoms with E-state index < -0.39 is 0 Å². The molecule has 0 unspecified atom stereocenters. The zero-order valence-corrected chi connectivity index (χ0v) is 16.5. The van der Waals surface area contributed by atoms with Crippen molar-refractivity contribution >= 4 is 28.1 Å². The van der Waals surface area contributed by atoms with Crippen LogP contribution in [0.3, 0.4) is 0 Å². The highest BCUT2D eigenvalue weighted by molar-refractivity contribution is 5.80. The standard InChI is InChI=1S/C22H27N5O/c1-27(2)19-6-3-17(4-7-19)25-18-5-8-20-21(13-18)26-22(14-24-20)28-15-16-9-11-23-12-10-16/h3-8,13-14,16,23,25H,9-12,15H2,1-2H3. The topological polar surface area (TPSA) is 62.3 Å². The number of nitrogens with one attached hydrogen (secondary N) is 2. The molecule has 1 saturated heterocycles. The van der Waals surface area contributed by atoms with Crippen molar-refractivity contribution in [3.63, 3.8) is 0 Å². The van der Waals surface area contributed by atoms with Crippen LogP contribution in [0.5, 0.6) is 5.88 Å². The molecule has 146 valence electrons. The fraction of sp³-hybridized carbons (Fsp3) is 0.364. The van der Waals surface area contributed by atoms with Gasteiger partial charge in [-0.1, -0.05) is 0 Å². The summed E-state index contributed by atoms with van der Waals surface area (Å²) >= 11 is 0. The monoisotopic (exact) mass is 377 g/mol. The zero-order valence-electron chi connectivity index (χ0n) is 16.5. The van der Waals surface area contributed by atoms with E-state index in [-0.39, 0.29) is 0 Å². The Kier molecular flexibility index (Phi) is 5.58. The molecule has 6 heteroatoms. The van der Waals surface area contributed by atoms with Crippen LogP contribution in [-0.4, -0.2) is 43.8 Å². The molecule has 4 rings (SSSR count). The molecule has 0 radical (unpaired) electrons. The van der Waals surface area contributed by atoms with Gasteiger partial charge in [0, 0.05) is 31.2 Å². The molecular formula is C22H27N5O. The van der Waals surface area contributed by atoms with Crippen molar-refractivity contribution in [1.82, 2.24) is 15.3 Å². The van der Waals surface area contributed by atoms with Gasteiger partial charge in [-0.3, -0.25) is 0 Å². The Labute approximate surface area is 165 Å². The van der Waals surface area contributed by atoms with Gasteiger partial charge in [-0.05, 0) is 74.3 Å². The molecule has 1 aliphatic rings. The molecule has 1 fully saturated rings. The number of anilines is 3. The predicted octanol–water partition coefficient (Wildman–Crippen LogP) is 3.82. The van der Waals surface area contributed by atoms with Gasteiger partial charge in [0.1, 0.15) is 0 Å². The van der Waals surface area contributed by atoms with E-state index in [1.807, 2.05) is 32.3 Å². The molecule has 3 aromatic rings. The van der Waals surface area contributed by atoms with Crippen LogP contribution in [0.25, 0.3) is 11.0 Å². The van der Waals surface area contributed by atoms with Crippen molar-refractivity contribution in [3.05, 3.63) is 48.7 Å². The lowest BCUT2D eigenvalue weighted by molar-refractivity contribution is 0.209. The summed E-state index contributed by atoms with van der Waals surface area (Å²) in [5.41, 5.74) is 4.89. The molecule has 2 heterocycles. The maximum Gasteiger partial charge on any atom is 0.232 e. The van der Waals surface area contributed by atoms with Gasteiger partial charge in [0.05, 0.1) is 23.8 Å². The molecule has 2 N–H and O–H groups in total. The Morgan fingerprint density at radius 1 is 1.04 bits per heavy atom. The molecule has 0 aliphatic carbocycles. The second-order valence-electron chi connectivity index (χ2n) is 7.48. The first-order valence-electron chi connectivity index (χ1n) is 9.82. The minimum absolute atomic E-state index is 0.594. The van der Waals surface area contributed by atoms with Crippen LogP contribution in [0.1, 0.15) is 12.8 Å². The van der Waals surface area contributed by atoms with E-state index in [1.165, 1.54) is 5.69 Å². The molecule has 28 heavy (non-hydrogen) atoms. The van der Waals surface area contributed by atoms with Crippen LogP contribution in [-0.2, 0) is 0 Å². The Morgan fingerprint density at radius 2 is 1.79 bits per heavy atom. The molecular weight excluding hydrogens is 350 g/mol. The lowest BCUT2D eigenvalue weighted by Crippen LogP contribution is -2.30. The summed E-state index contributed by atoms with van der Waals surface area (Å²) in [6, 6.07) is 14.3. The minimum Gasteiger partial charge on any atom is -0.476 e. The van der Waals surface area contributed by atoms with Crippen LogP contribution in [0.4, 0.5) is 17.1 Å². The summed E-state index contributed by atoms with van der Waals surface area (Å²) in [4.78, 5) is 11.2. The summed E-state index contributed by atoms with van der Waals surface area (Å²) in [5, 5.41) is 6.81. The smallest absolute Gasteiger partial charge is 0.232 e. The van der Waals surface area contributed by atoms with Crippen molar-refractivity contribution in [3.8, 4) is 5.88 Å². The average molecular weight is 377 g/mol. The lowest BCUT2D eigenvalue weighted by Gasteiger charge is -2.22. The summed E-state index contributed by atoms with van der Waals surface area (Å²) in [6.07, 6.45) is 4.03. The van der Waals surface area contributed by atoms with Crippen LogP contribution >= 0.6 is 0 Å². The van der Waals surface area contributed by atoms with E-state index in [0.29, 0.717) is 18.4 Å². The maximum atomic E-state index is 5.92. The van der Waals surface area contributed by atoms with Crippen molar-refractivity contribution in [2.75, 3.05) is 44.0 Å². The average Bonchev–Trinajstić information content (AvgIpc) is 2.73. The predicted molar refractivity (Wildman–Crippen MR) is 115 cm³/mol. The van der Waals surface area contributed by atoms with E-state index in [1.54, 1.807) is 6.20 Å². The van der Waals surface area contributed by atoms with Gasteiger partial charge in [-0.25, -0.2) is 9.97 Å². The first-order chi connectivity index (χ1) is 13.7. The summed E-state index contributed by atoms with van der Waals surface area (Å²) in [7, 11) is 4.07. The quantitative estimate of drug-likeness (QED) is 0.681. The number of aromatic nitrogens is 2. The molecule has 1 aliphatic heterocycles. The number of nitrogens with zero attached hydrogens (tertiary/aromatic N) is 3. The molecule has 0 saturated carbocycles. The van der Waals surface area contributed by atoms with E-state index in [0.717, 1.165) is 48.3 Å². The molecule has 0 atom stereocenters. The van der Waals surface area contributed by atoms with Gasteiger partial charge in [0.15, 0.2) is 0 Å². The Bertz CT molecular complexity index is 920. The third-order valence-electron chi connectivity index (χ3n) is 5.12. The lowest BCUT2D eigenvalue weighted by atomic mass is 9.99. The van der Waals surface area contributed by atoms with Gasteiger partial charge >= 0.3 is 0 Å². The van der Waals surface area contributed by atoms with Crippen LogP contribution in [0, 0.1) is 5.92 Å². The van der Waals surface area contributed by atoms with Crippen LogP contribution < -0.4 is 20.3 Å². The number of fused-ring (bicyclic) bond motifs is 1. The first kappa shape index (κ1) is 18.5. The number of piperidine rings is 1. The van der Waals surface area contributed by atoms with E-state index in [4.69, 9.17) is 4.74 Å². The van der Waals surface area contributed by atoms with Gasteiger partial charge < -0.3 is 20.3 Å². The van der Waals surface area contributed by atoms with Gasteiger partial charge in [-0.2, -0.15) is 0 Å². The molecule has 0 bridgehead atoms. The largest absolute Gasteiger partial charge is 0.476 e. The SMILES string of the molecule is CN(C)c1ccc(Nc2ccc3ncc(OCC4CCNCC4)nc3c2)cc1. The fourth-order valence-electron chi connectivity index (χ4n) is 3.40. The van der Waals surface area contributed by atoms with Crippen LogP contribution in [0.2, 0.25) is 0 Å². The van der Waals surface area contributed by atoms with Crippen LogP contribution in [0.15, 0.2) is 48.7 Å². The maximum absolute atomic E-state index is 5.92. The number of benzene rings is 2. The number of hydrogen-bond acceptors (Lipinski definition) is 6. The second-order valence-corrected chi connectivity index (χ2v) is 7.48. The minimum atomic E-state index is 0.594. The summed E-state index contributed by atoms with van der Waals surface area (Å²) in [5.74, 6) is 1.19. The van der Waals surface area contributed by atoms with Crippen molar-refractivity contribution in [2.45, 2.75) is 12.8 Å². The van der Waals surface area contributed by atoms with Crippen molar-refractivity contribution in [2.24, 2.45) is 5.92 Å². The molecule has 6 nitrogen and oxygen atoms in total. The Morgan fingerprint density at radius 3 is 2.54 bits per heavy atom. The summed E-state index contributed by atoms with van der Waals surface area (Å²) < 4.78 is 5.92. The third kappa shape index (κ3) is 4.51. The van der Waals surface area contributed by atoms with E-state index in [2.05, 4.69) is 49.8 Å². The number of ether oxygens (including phenoxy) is 1. The molecule has 0 spiro atoms. The van der Waals surface area contributed by atoms with E-state index >= 15 is 0 Å². The highest BCUT2D eigenvalue weighted by Gasteiger charge is 2.14.